The molecule has 0 spiro atoms. The van der Waals surface area contributed by atoms with Gasteiger partial charge in [-0.25, -0.2) is 4.98 Å². The van der Waals surface area contributed by atoms with E-state index in [2.05, 4.69) is 4.98 Å². The van der Waals surface area contributed by atoms with Crippen molar-refractivity contribution < 1.29 is 0 Å². The van der Waals surface area contributed by atoms with Crippen molar-refractivity contribution in [3.05, 3.63) is 78.7 Å². The van der Waals surface area contributed by atoms with Crippen LogP contribution in [0, 0.1) is 4.77 Å². The van der Waals surface area contributed by atoms with Crippen LogP contribution in [0.3, 0.4) is 0 Å². The van der Waals surface area contributed by atoms with Gasteiger partial charge in [0.1, 0.15) is 6.33 Å². The molecular formula is C16H11Cl4N3S. The van der Waals surface area contributed by atoms with Gasteiger partial charge >= 0.3 is 0 Å². The Morgan fingerprint density at radius 2 is 1.33 bits per heavy atom. The second kappa shape index (κ2) is 7.46. The van der Waals surface area contributed by atoms with Crippen LogP contribution >= 0.6 is 58.6 Å². The predicted molar refractivity (Wildman–Crippen MR) is 102 cm³/mol. The second-order valence-corrected chi connectivity index (χ2v) is 7.17. The van der Waals surface area contributed by atoms with E-state index in [1.807, 2.05) is 33.6 Å². The maximum atomic E-state index is 6.08. The molecule has 2 aromatic carbocycles. The summed E-state index contributed by atoms with van der Waals surface area (Å²) in [5, 5.41) is 2.08. The molecule has 124 valence electrons. The molecule has 0 aliphatic heterocycles. The van der Waals surface area contributed by atoms with Crippen molar-refractivity contribution in [1.82, 2.24) is 14.3 Å². The normalized spacial score (nSPS) is 11.0. The zero-order valence-electron chi connectivity index (χ0n) is 12.2. The van der Waals surface area contributed by atoms with Crippen LogP contribution < -0.4 is 0 Å². The highest BCUT2D eigenvalue weighted by Gasteiger charge is 2.07. The summed E-state index contributed by atoms with van der Waals surface area (Å²) in [6.07, 6.45) is 1.70. The summed E-state index contributed by atoms with van der Waals surface area (Å²) >= 11 is 29.4. The SMILES string of the molecule is S=c1ncn(Cc2ccc(Cl)c(Cl)c2)n1Cc1ccc(Cl)c(Cl)c1. The predicted octanol–water partition coefficient (Wildman–Crippen LogP) is 6.12. The Bertz CT molecular complexity index is 949. The topological polar surface area (TPSA) is 22.8 Å². The number of rotatable bonds is 4. The highest BCUT2D eigenvalue weighted by Crippen LogP contribution is 2.24. The standard InChI is InChI=1S/C16H11Cl4N3S/c17-12-3-1-10(5-14(12)19)7-22-9-21-16(24)23(22)8-11-2-4-13(18)15(20)6-11/h1-6,9H,7-8H2. The second-order valence-electron chi connectivity index (χ2n) is 5.18. The summed E-state index contributed by atoms with van der Waals surface area (Å²) < 4.78 is 4.29. The summed E-state index contributed by atoms with van der Waals surface area (Å²) in [6.45, 7) is 1.11. The maximum Gasteiger partial charge on any atom is 0.216 e. The van der Waals surface area contributed by atoms with E-state index < -0.39 is 0 Å². The van der Waals surface area contributed by atoms with E-state index in [-0.39, 0.29) is 0 Å². The van der Waals surface area contributed by atoms with Gasteiger partial charge in [-0.1, -0.05) is 58.5 Å². The molecule has 3 aromatic rings. The van der Waals surface area contributed by atoms with Crippen LogP contribution in [0.2, 0.25) is 20.1 Å². The Balaban J connectivity index is 1.89. The smallest absolute Gasteiger partial charge is 0.216 e. The Morgan fingerprint density at radius 1 is 0.792 bits per heavy atom. The quantitative estimate of drug-likeness (QED) is 0.476. The number of hydrogen-bond donors (Lipinski definition) is 0. The average Bonchev–Trinajstić information content (AvgIpc) is 2.87. The zero-order chi connectivity index (χ0) is 17.3. The van der Waals surface area contributed by atoms with E-state index in [1.54, 1.807) is 18.5 Å². The average molecular weight is 419 g/mol. The summed E-state index contributed by atoms with van der Waals surface area (Å²) in [5.41, 5.74) is 1.98. The molecular weight excluding hydrogens is 408 g/mol. The first-order valence-corrected chi connectivity index (χ1v) is 8.86. The third-order valence-electron chi connectivity index (χ3n) is 3.48. The van der Waals surface area contributed by atoms with Crippen LogP contribution in [0.25, 0.3) is 0 Å². The molecule has 1 aromatic heterocycles. The van der Waals surface area contributed by atoms with Gasteiger partial charge in [-0.2, -0.15) is 0 Å². The minimum atomic E-state index is 0.487. The van der Waals surface area contributed by atoms with Crippen LogP contribution in [0.1, 0.15) is 11.1 Å². The molecule has 0 fully saturated rings. The lowest BCUT2D eigenvalue weighted by molar-refractivity contribution is 0.510. The molecule has 8 heteroatoms. The van der Waals surface area contributed by atoms with Crippen molar-refractivity contribution in [1.29, 1.82) is 0 Å². The lowest BCUT2D eigenvalue weighted by Crippen LogP contribution is -2.14. The van der Waals surface area contributed by atoms with Crippen molar-refractivity contribution in [2.24, 2.45) is 0 Å². The summed E-state index contributed by atoms with van der Waals surface area (Å²) in [4.78, 5) is 4.21. The van der Waals surface area contributed by atoms with Crippen molar-refractivity contribution in [3.63, 3.8) is 0 Å². The van der Waals surface area contributed by atoms with Gasteiger partial charge in [-0.05, 0) is 47.6 Å². The van der Waals surface area contributed by atoms with Crippen molar-refractivity contribution >= 4 is 58.6 Å². The van der Waals surface area contributed by atoms with Gasteiger partial charge in [0.25, 0.3) is 0 Å². The summed E-state index contributed by atoms with van der Waals surface area (Å²) in [6, 6.07) is 11.0. The molecule has 0 unspecified atom stereocenters. The highest BCUT2D eigenvalue weighted by molar-refractivity contribution is 7.71. The van der Waals surface area contributed by atoms with Crippen LogP contribution in [-0.4, -0.2) is 14.3 Å². The fourth-order valence-electron chi connectivity index (χ4n) is 2.28. The molecule has 0 aliphatic carbocycles. The van der Waals surface area contributed by atoms with E-state index >= 15 is 0 Å². The van der Waals surface area contributed by atoms with E-state index in [1.165, 1.54) is 0 Å². The molecule has 1 heterocycles. The molecule has 3 nitrogen and oxygen atoms in total. The Morgan fingerprint density at radius 3 is 1.88 bits per heavy atom. The Hall–Kier alpha value is -1.04. The van der Waals surface area contributed by atoms with Crippen molar-refractivity contribution in [2.75, 3.05) is 0 Å². The first-order chi connectivity index (χ1) is 11.4. The highest BCUT2D eigenvalue weighted by atomic mass is 35.5. The van der Waals surface area contributed by atoms with Gasteiger partial charge < -0.3 is 0 Å². The lowest BCUT2D eigenvalue weighted by Gasteiger charge is -2.12. The third kappa shape index (κ3) is 3.95. The molecule has 0 saturated heterocycles. The Labute approximate surface area is 164 Å². The molecule has 0 N–H and O–H groups in total. The minimum Gasteiger partial charge on any atom is -0.268 e. The summed E-state index contributed by atoms with van der Waals surface area (Å²) in [5.74, 6) is 0. The monoisotopic (exact) mass is 417 g/mol. The summed E-state index contributed by atoms with van der Waals surface area (Å²) in [7, 11) is 0. The van der Waals surface area contributed by atoms with Gasteiger partial charge in [0.2, 0.25) is 4.77 Å². The van der Waals surface area contributed by atoms with Gasteiger partial charge in [0.05, 0.1) is 33.2 Å². The van der Waals surface area contributed by atoms with E-state index in [0.717, 1.165) is 11.1 Å². The molecule has 0 atom stereocenters. The molecule has 0 amide bonds. The Kier molecular flexibility index (Phi) is 5.52. The maximum absolute atomic E-state index is 6.08. The van der Waals surface area contributed by atoms with Crippen LogP contribution in [-0.2, 0) is 13.1 Å². The molecule has 0 aliphatic rings. The van der Waals surface area contributed by atoms with Crippen LogP contribution in [0.15, 0.2) is 42.7 Å². The first-order valence-electron chi connectivity index (χ1n) is 6.94. The fourth-order valence-corrected chi connectivity index (χ4v) is 3.13. The van der Waals surface area contributed by atoms with Gasteiger partial charge in [-0.15, -0.1) is 0 Å². The number of benzene rings is 2. The number of halogens is 4. The van der Waals surface area contributed by atoms with Gasteiger partial charge in [0.15, 0.2) is 0 Å². The van der Waals surface area contributed by atoms with Gasteiger partial charge in [-0.3, -0.25) is 9.36 Å². The van der Waals surface area contributed by atoms with E-state index in [9.17, 15) is 0 Å². The lowest BCUT2D eigenvalue weighted by atomic mass is 10.2. The van der Waals surface area contributed by atoms with Crippen molar-refractivity contribution in [3.8, 4) is 0 Å². The fraction of sp³-hybridized carbons (Fsp3) is 0.125. The zero-order valence-corrected chi connectivity index (χ0v) is 16.1. The number of hydrogen-bond acceptors (Lipinski definition) is 2. The molecule has 24 heavy (non-hydrogen) atoms. The van der Waals surface area contributed by atoms with Crippen LogP contribution in [0.4, 0.5) is 0 Å². The molecule has 0 bridgehead atoms. The minimum absolute atomic E-state index is 0.487. The number of nitrogens with zero attached hydrogens (tertiary/aromatic N) is 3. The molecule has 0 saturated carbocycles. The van der Waals surface area contributed by atoms with E-state index in [4.69, 9.17) is 58.6 Å². The molecule has 0 radical (unpaired) electrons. The van der Waals surface area contributed by atoms with Gasteiger partial charge in [0, 0.05) is 0 Å². The number of aromatic nitrogens is 3. The van der Waals surface area contributed by atoms with E-state index in [0.29, 0.717) is 38.0 Å². The third-order valence-corrected chi connectivity index (χ3v) is 5.27. The van der Waals surface area contributed by atoms with Crippen molar-refractivity contribution in [2.45, 2.75) is 13.1 Å². The molecule has 3 rings (SSSR count). The largest absolute Gasteiger partial charge is 0.268 e. The first kappa shape index (κ1) is 17.8. The van der Waals surface area contributed by atoms with Crippen LogP contribution in [0.5, 0.6) is 0 Å².